The fraction of sp³-hybridized carbons (Fsp3) is 0.238. The highest BCUT2D eigenvalue weighted by Crippen LogP contribution is 2.43. The summed E-state index contributed by atoms with van der Waals surface area (Å²) >= 11 is 0. The number of hydrogen-bond acceptors (Lipinski definition) is 6. The minimum atomic E-state index is -0.882. The van der Waals surface area contributed by atoms with Crippen LogP contribution in [0, 0.1) is 11.6 Å². The van der Waals surface area contributed by atoms with Crippen LogP contribution in [0.15, 0.2) is 42.6 Å². The van der Waals surface area contributed by atoms with E-state index in [-0.39, 0.29) is 22.6 Å². The third kappa shape index (κ3) is 3.42. The minimum absolute atomic E-state index is 0.0489. The summed E-state index contributed by atoms with van der Waals surface area (Å²) in [7, 11) is 0. The van der Waals surface area contributed by atoms with Crippen LogP contribution in [0.2, 0.25) is 0 Å². The lowest BCUT2D eigenvalue weighted by Crippen LogP contribution is -2.42. The maximum Gasteiger partial charge on any atom is 0.252 e. The van der Waals surface area contributed by atoms with Gasteiger partial charge in [0.2, 0.25) is 0 Å². The summed E-state index contributed by atoms with van der Waals surface area (Å²) in [5.74, 6) is -2.15. The Morgan fingerprint density at radius 2 is 1.93 bits per heavy atom. The van der Waals surface area contributed by atoms with Gasteiger partial charge in [-0.25, -0.2) is 8.78 Å². The second-order valence-corrected chi connectivity index (χ2v) is 7.31. The molecule has 0 aliphatic heterocycles. The first-order chi connectivity index (χ1) is 14.4. The van der Waals surface area contributed by atoms with Crippen LogP contribution in [0.5, 0.6) is 5.75 Å². The first kappa shape index (κ1) is 19.7. The van der Waals surface area contributed by atoms with Gasteiger partial charge in [0.25, 0.3) is 5.91 Å². The maximum atomic E-state index is 14.2. The predicted octanol–water partition coefficient (Wildman–Crippen LogP) is 3.16. The topological polar surface area (TPSA) is 114 Å². The molecule has 2 aromatic heterocycles. The monoisotopic (exact) mass is 411 g/mol. The van der Waals surface area contributed by atoms with Gasteiger partial charge in [-0.3, -0.25) is 9.78 Å². The first-order valence-electron chi connectivity index (χ1n) is 9.41. The van der Waals surface area contributed by atoms with Crippen LogP contribution in [0.3, 0.4) is 0 Å². The molecule has 0 saturated heterocycles. The number of nitrogens with two attached hydrogens (primary N) is 1. The highest BCUT2D eigenvalue weighted by molar-refractivity contribution is 5.98. The van der Waals surface area contributed by atoms with Crippen molar-refractivity contribution in [1.29, 1.82) is 0 Å². The van der Waals surface area contributed by atoms with E-state index in [4.69, 9.17) is 5.73 Å². The summed E-state index contributed by atoms with van der Waals surface area (Å²) in [5, 5.41) is 21.3. The summed E-state index contributed by atoms with van der Waals surface area (Å²) in [5.41, 5.74) is 4.80. The molecule has 4 N–H and O–H groups in total. The number of anilines is 1. The van der Waals surface area contributed by atoms with Gasteiger partial charge in [-0.2, -0.15) is 0 Å². The van der Waals surface area contributed by atoms with E-state index in [0.29, 0.717) is 18.1 Å². The maximum absolute atomic E-state index is 14.2. The van der Waals surface area contributed by atoms with Crippen molar-refractivity contribution in [3.05, 3.63) is 65.5 Å². The molecule has 2 heterocycles. The second-order valence-electron chi connectivity index (χ2n) is 7.31. The van der Waals surface area contributed by atoms with Gasteiger partial charge in [0.15, 0.2) is 0 Å². The Hall–Kier alpha value is -3.62. The molecule has 1 aliphatic carbocycles. The Morgan fingerprint density at radius 1 is 1.13 bits per heavy atom. The van der Waals surface area contributed by atoms with Crippen molar-refractivity contribution in [1.82, 2.24) is 15.2 Å². The fourth-order valence-corrected chi connectivity index (χ4v) is 3.71. The van der Waals surface area contributed by atoms with E-state index in [9.17, 15) is 18.7 Å². The zero-order valence-electron chi connectivity index (χ0n) is 15.9. The summed E-state index contributed by atoms with van der Waals surface area (Å²) in [4.78, 5) is 15.6. The number of halogens is 2. The average molecular weight is 411 g/mol. The molecule has 1 aliphatic rings. The van der Waals surface area contributed by atoms with Crippen molar-refractivity contribution in [3.8, 4) is 17.0 Å². The number of nitrogens with one attached hydrogen (secondary N) is 1. The van der Waals surface area contributed by atoms with E-state index in [1.165, 1.54) is 12.1 Å². The molecule has 1 fully saturated rings. The zero-order valence-corrected chi connectivity index (χ0v) is 15.9. The lowest BCUT2D eigenvalue weighted by Gasteiger charge is -2.41. The normalized spacial score (nSPS) is 14.7. The number of aromatic hydroxyl groups is 1. The molecule has 9 heteroatoms. The van der Waals surface area contributed by atoms with Gasteiger partial charge in [-0.05, 0) is 49.2 Å². The molecule has 154 valence electrons. The Morgan fingerprint density at radius 3 is 2.53 bits per heavy atom. The highest BCUT2D eigenvalue weighted by atomic mass is 19.1. The second kappa shape index (κ2) is 7.66. The van der Waals surface area contributed by atoms with Gasteiger partial charge in [0.1, 0.15) is 23.2 Å². The smallest absolute Gasteiger partial charge is 0.252 e. The third-order valence-electron chi connectivity index (χ3n) is 5.49. The predicted molar refractivity (Wildman–Crippen MR) is 106 cm³/mol. The number of carbonyl (C=O) groups excluding carboxylic acids is 1. The largest absolute Gasteiger partial charge is 0.506 e. The van der Waals surface area contributed by atoms with Crippen LogP contribution in [0.1, 0.15) is 35.3 Å². The van der Waals surface area contributed by atoms with Gasteiger partial charge >= 0.3 is 0 Å². The molecule has 0 radical (unpaired) electrons. The molecular formula is C21H19F2N5O2. The Balaban J connectivity index is 1.55. The first-order valence-corrected chi connectivity index (χ1v) is 9.41. The number of phenols is 1. The minimum Gasteiger partial charge on any atom is -0.506 e. The van der Waals surface area contributed by atoms with E-state index < -0.39 is 22.9 Å². The van der Waals surface area contributed by atoms with E-state index >= 15 is 0 Å². The number of aromatic nitrogens is 3. The number of hydrogen-bond donors (Lipinski definition) is 3. The van der Waals surface area contributed by atoms with Crippen LogP contribution >= 0.6 is 0 Å². The number of primary amides is 1. The molecule has 1 aromatic carbocycles. The van der Waals surface area contributed by atoms with Crippen molar-refractivity contribution in [2.45, 2.75) is 24.7 Å². The molecule has 7 nitrogen and oxygen atoms in total. The van der Waals surface area contributed by atoms with Crippen LogP contribution in [-0.4, -0.2) is 32.7 Å². The van der Waals surface area contributed by atoms with Crippen LogP contribution in [-0.2, 0) is 5.41 Å². The van der Waals surface area contributed by atoms with E-state index in [2.05, 4.69) is 20.5 Å². The molecule has 0 spiro atoms. The van der Waals surface area contributed by atoms with E-state index in [1.54, 1.807) is 18.3 Å². The lowest BCUT2D eigenvalue weighted by atomic mass is 9.66. The number of amides is 1. The SMILES string of the molecule is NC(=O)c1ccc(F)c(-c2ccc(NCC3(c4ncccc4F)CCC3)nn2)c1O. The van der Waals surface area contributed by atoms with Crippen molar-refractivity contribution < 1.29 is 18.7 Å². The molecule has 1 amide bonds. The number of carbonyl (C=O) groups is 1. The quantitative estimate of drug-likeness (QED) is 0.574. The molecular weight excluding hydrogens is 392 g/mol. The highest BCUT2D eigenvalue weighted by Gasteiger charge is 2.41. The molecule has 0 atom stereocenters. The molecule has 3 aromatic rings. The van der Waals surface area contributed by atoms with E-state index in [0.717, 1.165) is 31.4 Å². The molecule has 0 unspecified atom stereocenters. The number of nitrogens with zero attached hydrogens (tertiary/aromatic N) is 3. The van der Waals surface area contributed by atoms with Crippen molar-refractivity contribution in [3.63, 3.8) is 0 Å². The summed E-state index contributed by atoms with van der Waals surface area (Å²) in [6, 6.07) is 8.13. The van der Waals surface area contributed by atoms with Crippen molar-refractivity contribution in [2.24, 2.45) is 5.73 Å². The van der Waals surface area contributed by atoms with Crippen molar-refractivity contribution >= 4 is 11.7 Å². The molecule has 4 rings (SSSR count). The Kier molecular flexibility index (Phi) is 5.03. The van der Waals surface area contributed by atoms with Gasteiger partial charge < -0.3 is 16.2 Å². The molecule has 0 bridgehead atoms. The third-order valence-corrected chi connectivity index (χ3v) is 5.49. The lowest BCUT2D eigenvalue weighted by molar-refractivity contribution is 0.0998. The molecule has 1 saturated carbocycles. The van der Waals surface area contributed by atoms with Gasteiger partial charge in [0, 0.05) is 18.2 Å². The fourth-order valence-electron chi connectivity index (χ4n) is 3.71. The number of rotatable bonds is 6. The van der Waals surface area contributed by atoms with Gasteiger partial charge in [-0.1, -0.05) is 6.42 Å². The van der Waals surface area contributed by atoms with Gasteiger partial charge in [0.05, 0.1) is 22.5 Å². The summed E-state index contributed by atoms with van der Waals surface area (Å²) in [6.07, 6.45) is 4.17. The summed E-state index contributed by atoms with van der Waals surface area (Å²) in [6.45, 7) is 0.422. The summed E-state index contributed by atoms with van der Waals surface area (Å²) < 4.78 is 28.5. The standard InChI is InChI=1S/C21H19F2N5O2/c22-13-5-4-12(20(24)30)18(29)17(13)15-6-7-16(28-27-15)26-11-21(8-2-9-21)19-14(23)3-1-10-25-19/h1,3-7,10,29H,2,8-9,11H2,(H2,24,30)(H,26,28). The Bertz CT molecular complexity index is 1100. The van der Waals surface area contributed by atoms with E-state index in [1.807, 2.05) is 0 Å². The number of benzene rings is 1. The Labute approximate surface area is 171 Å². The van der Waals surface area contributed by atoms with Crippen LogP contribution in [0.4, 0.5) is 14.6 Å². The average Bonchev–Trinajstić information content (AvgIpc) is 2.69. The van der Waals surface area contributed by atoms with Crippen LogP contribution in [0.25, 0.3) is 11.3 Å². The molecule has 30 heavy (non-hydrogen) atoms. The van der Waals surface area contributed by atoms with Crippen LogP contribution < -0.4 is 11.1 Å². The van der Waals surface area contributed by atoms with Gasteiger partial charge in [-0.15, -0.1) is 10.2 Å². The zero-order chi connectivity index (χ0) is 21.3. The number of pyridine rings is 1. The van der Waals surface area contributed by atoms with Crippen molar-refractivity contribution in [2.75, 3.05) is 11.9 Å².